The van der Waals surface area contributed by atoms with Crippen LogP contribution in [0.2, 0.25) is 0 Å². The minimum absolute atomic E-state index is 0.0184. The van der Waals surface area contributed by atoms with E-state index in [0.29, 0.717) is 5.92 Å². The van der Waals surface area contributed by atoms with Crippen LogP contribution < -0.4 is 5.32 Å². The third-order valence-corrected chi connectivity index (χ3v) is 4.65. The van der Waals surface area contributed by atoms with Gasteiger partial charge in [-0.3, -0.25) is 9.59 Å². The Kier molecular flexibility index (Phi) is 11.7. The van der Waals surface area contributed by atoms with Crippen molar-refractivity contribution in [2.24, 2.45) is 23.7 Å². The number of aliphatic carboxylic acids is 1. The molecule has 0 saturated carbocycles. The fourth-order valence-electron chi connectivity index (χ4n) is 2.74. The number of hydrogen-bond donors (Lipinski definition) is 2. The summed E-state index contributed by atoms with van der Waals surface area (Å²) in [6.07, 6.45) is 1.52. The summed E-state index contributed by atoms with van der Waals surface area (Å²) in [5.74, 6) is -1.29. The summed E-state index contributed by atoms with van der Waals surface area (Å²) in [4.78, 5) is 34.3. The Morgan fingerprint density at radius 1 is 1.08 bits per heavy atom. The van der Waals surface area contributed by atoms with Gasteiger partial charge in [-0.25, -0.2) is 4.79 Å². The molecule has 0 aromatic heterocycles. The van der Waals surface area contributed by atoms with Crippen molar-refractivity contribution in [3.05, 3.63) is 0 Å². The molecule has 0 bridgehead atoms. The van der Waals surface area contributed by atoms with E-state index in [4.69, 9.17) is 9.47 Å². The van der Waals surface area contributed by atoms with E-state index >= 15 is 0 Å². The maximum absolute atomic E-state index is 12.0. The molecule has 0 radical (unpaired) electrons. The number of alkyl carbamates (subject to hydrolysis) is 1. The number of carboxylic acids is 1. The first-order chi connectivity index (χ1) is 12.1. The van der Waals surface area contributed by atoms with E-state index in [1.807, 2.05) is 6.92 Å². The summed E-state index contributed by atoms with van der Waals surface area (Å²) >= 11 is 0. The van der Waals surface area contributed by atoms with Gasteiger partial charge in [0.25, 0.3) is 6.29 Å². The Morgan fingerprint density at radius 3 is 2.15 bits per heavy atom. The summed E-state index contributed by atoms with van der Waals surface area (Å²) in [6.45, 7) is 11.3. The van der Waals surface area contributed by atoms with Crippen molar-refractivity contribution < 1.29 is 29.0 Å². The lowest BCUT2D eigenvalue weighted by molar-refractivity contribution is -0.172. The average molecular weight is 373 g/mol. The number of hydrogen-bond acceptors (Lipinski definition) is 5. The third kappa shape index (κ3) is 10.3. The Labute approximate surface area is 156 Å². The van der Waals surface area contributed by atoms with Crippen LogP contribution >= 0.6 is 0 Å². The maximum atomic E-state index is 12.0. The molecule has 4 atom stereocenters. The SMILES string of the molecule is CCCC[C@@H](C)[C@@H](C)[C@H](CNC(=O)O[C@@H](OC(C)=O)C(C)C)CC(=O)O. The summed E-state index contributed by atoms with van der Waals surface area (Å²) in [6, 6.07) is 0. The molecule has 0 aliphatic carbocycles. The molecule has 7 nitrogen and oxygen atoms in total. The fourth-order valence-corrected chi connectivity index (χ4v) is 2.74. The van der Waals surface area contributed by atoms with Gasteiger partial charge in [0.05, 0.1) is 6.42 Å². The number of rotatable bonds is 12. The van der Waals surface area contributed by atoms with E-state index < -0.39 is 24.3 Å². The molecule has 0 fully saturated rings. The highest BCUT2D eigenvalue weighted by Crippen LogP contribution is 2.27. The number of ether oxygens (including phenoxy) is 2. The van der Waals surface area contributed by atoms with Crippen molar-refractivity contribution in [1.29, 1.82) is 0 Å². The van der Waals surface area contributed by atoms with Gasteiger partial charge in [0.15, 0.2) is 0 Å². The van der Waals surface area contributed by atoms with Crippen LogP contribution in [0.4, 0.5) is 4.79 Å². The predicted molar refractivity (Wildman–Crippen MR) is 98.5 cm³/mol. The van der Waals surface area contributed by atoms with Crippen LogP contribution in [0.1, 0.15) is 67.2 Å². The van der Waals surface area contributed by atoms with E-state index in [0.717, 1.165) is 19.3 Å². The summed E-state index contributed by atoms with van der Waals surface area (Å²) < 4.78 is 10.1. The van der Waals surface area contributed by atoms with Gasteiger partial charge < -0.3 is 19.9 Å². The number of carbonyl (C=O) groups excluding carboxylic acids is 2. The lowest BCUT2D eigenvalue weighted by atomic mass is 9.79. The van der Waals surface area contributed by atoms with Gasteiger partial charge in [-0.15, -0.1) is 0 Å². The van der Waals surface area contributed by atoms with Gasteiger partial charge in [-0.05, 0) is 17.8 Å². The first kappa shape index (κ1) is 24.2. The third-order valence-electron chi connectivity index (χ3n) is 4.65. The molecule has 0 saturated heterocycles. The number of amides is 1. The van der Waals surface area contributed by atoms with E-state index in [1.54, 1.807) is 13.8 Å². The molecule has 0 rings (SSSR count). The number of carboxylic acid groups (broad SMARTS) is 1. The minimum atomic E-state index is -0.966. The first-order valence-corrected chi connectivity index (χ1v) is 9.41. The highest BCUT2D eigenvalue weighted by Gasteiger charge is 2.27. The van der Waals surface area contributed by atoms with Gasteiger partial charge in [-0.1, -0.05) is 53.9 Å². The van der Waals surface area contributed by atoms with Crippen LogP contribution in [0.5, 0.6) is 0 Å². The molecule has 7 heteroatoms. The van der Waals surface area contributed by atoms with Crippen molar-refractivity contribution in [2.45, 2.75) is 73.5 Å². The highest BCUT2D eigenvalue weighted by atomic mass is 16.7. The van der Waals surface area contributed by atoms with Gasteiger partial charge >= 0.3 is 18.0 Å². The smallest absolute Gasteiger partial charge is 0.410 e. The summed E-state index contributed by atoms with van der Waals surface area (Å²) in [5.41, 5.74) is 0. The number of esters is 1. The zero-order valence-corrected chi connectivity index (χ0v) is 16.9. The molecule has 1 amide bonds. The van der Waals surface area contributed by atoms with Crippen molar-refractivity contribution in [1.82, 2.24) is 5.32 Å². The fraction of sp³-hybridized carbons (Fsp3) is 0.842. The van der Waals surface area contributed by atoms with Crippen LogP contribution in [-0.4, -0.2) is 36.0 Å². The monoisotopic (exact) mass is 373 g/mol. The van der Waals surface area contributed by atoms with Gasteiger partial charge in [-0.2, -0.15) is 0 Å². The molecule has 2 N–H and O–H groups in total. The maximum Gasteiger partial charge on any atom is 0.410 e. The van der Waals surface area contributed by atoms with Crippen molar-refractivity contribution >= 4 is 18.0 Å². The Balaban J connectivity index is 4.73. The number of unbranched alkanes of at least 4 members (excludes halogenated alkanes) is 1. The quantitative estimate of drug-likeness (QED) is 0.398. The molecule has 0 aliphatic rings. The van der Waals surface area contributed by atoms with Crippen LogP contribution in [0, 0.1) is 23.7 Å². The Morgan fingerprint density at radius 2 is 1.69 bits per heavy atom. The van der Waals surface area contributed by atoms with E-state index in [9.17, 15) is 19.5 Å². The average Bonchev–Trinajstić information content (AvgIpc) is 2.54. The molecular formula is C19H35NO6. The molecule has 0 unspecified atom stereocenters. The summed E-state index contributed by atoms with van der Waals surface area (Å²) in [5, 5.41) is 11.8. The zero-order valence-electron chi connectivity index (χ0n) is 16.9. The molecule has 152 valence electrons. The molecule has 26 heavy (non-hydrogen) atoms. The number of carbonyl (C=O) groups is 3. The van der Waals surface area contributed by atoms with Crippen LogP contribution in [0.25, 0.3) is 0 Å². The molecular weight excluding hydrogens is 338 g/mol. The Hall–Kier alpha value is -1.79. The second-order valence-electron chi connectivity index (χ2n) is 7.34. The predicted octanol–water partition coefficient (Wildman–Crippen LogP) is 3.81. The van der Waals surface area contributed by atoms with Gasteiger partial charge in [0.2, 0.25) is 0 Å². The van der Waals surface area contributed by atoms with Crippen LogP contribution in [-0.2, 0) is 19.1 Å². The van der Waals surface area contributed by atoms with E-state index in [-0.39, 0.29) is 30.7 Å². The van der Waals surface area contributed by atoms with E-state index in [2.05, 4.69) is 19.2 Å². The minimum Gasteiger partial charge on any atom is -0.481 e. The molecule has 0 aromatic carbocycles. The molecule has 0 spiro atoms. The second kappa shape index (κ2) is 12.5. The van der Waals surface area contributed by atoms with Crippen LogP contribution in [0.15, 0.2) is 0 Å². The second-order valence-corrected chi connectivity index (χ2v) is 7.34. The lowest BCUT2D eigenvalue weighted by Gasteiger charge is -2.28. The van der Waals surface area contributed by atoms with Crippen LogP contribution in [0.3, 0.4) is 0 Å². The normalized spacial score (nSPS) is 15.7. The lowest BCUT2D eigenvalue weighted by Crippen LogP contribution is -2.38. The van der Waals surface area contributed by atoms with Gasteiger partial charge in [0.1, 0.15) is 0 Å². The Bertz CT molecular complexity index is 451. The van der Waals surface area contributed by atoms with Crippen molar-refractivity contribution in [3.8, 4) is 0 Å². The van der Waals surface area contributed by atoms with Crippen molar-refractivity contribution in [3.63, 3.8) is 0 Å². The van der Waals surface area contributed by atoms with Crippen molar-refractivity contribution in [2.75, 3.05) is 6.54 Å². The summed E-state index contributed by atoms with van der Waals surface area (Å²) in [7, 11) is 0. The highest BCUT2D eigenvalue weighted by molar-refractivity contribution is 5.69. The largest absolute Gasteiger partial charge is 0.481 e. The van der Waals surface area contributed by atoms with E-state index in [1.165, 1.54) is 6.92 Å². The van der Waals surface area contributed by atoms with Gasteiger partial charge in [0, 0.05) is 19.4 Å². The molecule has 0 heterocycles. The topological polar surface area (TPSA) is 102 Å². The molecule has 0 aliphatic heterocycles. The first-order valence-electron chi connectivity index (χ1n) is 9.41. The zero-order chi connectivity index (χ0) is 20.3. The number of nitrogens with one attached hydrogen (secondary N) is 1. The molecule has 0 aromatic rings. The standard InChI is InChI=1S/C19H35NO6/c1-7-8-9-13(4)14(5)16(10-17(22)23)11-20-19(24)26-18(12(2)3)25-15(6)21/h12-14,16,18H,7-11H2,1-6H3,(H,20,24)(H,22,23)/t13-,14-,16+,18-/m1/s1.